The van der Waals surface area contributed by atoms with E-state index in [4.69, 9.17) is 0 Å². The molecule has 2 aromatic rings. The number of aromatic nitrogens is 4. The highest BCUT2D eigenvalue weighted by Gasteiger charge is 2.32. The molecule has 1 N–H and O–H groups in total. The van der Waals surface area contributed by atoms with E-state index in [0.29, 0.717) is 13.1 Å². The molecule has 0 saturated carbocycles. The first-order valence-electron chi connectivity index (χ1n) is 7.87. The Hall–Kier alpha value is -1.84. The van der Waals surface area contributed by atoms with Gasteiger partial charge >= 0.3 is 0 Å². The maximum atomic E-state index is 12.2. The Bertz CT molecular complexity index is 817. The van der Waals surface area contributed by atoms with E-state index in [1.165, 1.54) is 14.9 Å². The summed E-state index contributed by atoms with van der Waals surface area (Å²) < 4.78 is 27.2. The second kappa shape index (κ2) is 6.58. The quantitative estimate of drug-likeness (QED) is 0.862. The van der Waals surface area contributed by atoms with Crippen LogP contribution in [0.1, 0.15) is 17.8 Å². The van der Waals surface area contributed by atoms with Crippen LogP contribution in [0.15, 0.2) is 18.5 Å². The van der Waals surface area contributed by atoms with Crippen LogP contribution < -0.4 is 0 Å². The zero-order valence-electron chi connectivity index (χ0n) is 14.1. The van der Waals surface area contributed by atoms with E-state index in [2.05, 4.69) is 20.2 Å². The van der Waals surface area contributed by atoms with Gasteiger partial charge in [0.15, 0.2) is 0 Å². The van der Waals surface area contributed by atoms with Crippen LogP contribution in [0.25, 0.3) is 11.4 Å². The van der Waals surface area contributed by atoms with Crippen LogP contribution in [0, 0.1) is 12.8 Å². The van der Waals surface area contributed by atoms with Gasteiger partial charge in [-0.05, 0) is 37.8 Å². The van der Waals surface area contributed by atoms with Gasteiger partial charge in [0.1, 0.15) is 12.0 Å². The van der Waals surface area contributed by atoms with Crippen molar-refractivity contribution in [3.05, 3.63) is 29.8 Å². The first kappa shape index (κ1) is 17.0. The molecule has 2 aromatic heterocycles. The van der Waals surface area contributed by atoms with Gasteiger partial charge in [-0.3, -0.25) is 5.10 Å². The van der Waals surface area contributed by atoms with E-state index in [-0.39, 0.29) is 5.92 Å². The van der Waals surface area contributed by atoms with Crippen LogP contribution in [0.4, 0.5) is 0 Å². The fraction of sp³-hybridized carbons (Fsp3) is 0.533. The summed E-state index contributed by atoms with van der Waals surface area (Å²) in [5.74, 6) is 0.267. The molecule has 0 amide bonds. The second-order valence-electron chi connectivity index (χ2n) is 6.34. The third-order valence-corrected chi connectivity index (χ3v) is 6.13. The summed E-state index contributed by atoms with van der Waals surface area (Å²) in [4.78, 5) is 8.60. The molecule has 0 spiro atoms. The lowest BCUT2D eigenvalue weighted by atomic mass is 10.0. The third kappa shape index (κ3) is 3.47. The summed E-state index contributed by atoms with van der Waals surface area (Å²) in [5.41, 5.74) is 3.46. The fourth-order valence-electron chi connectivity index (χ4n) is 2.90. The van der Waals surface area contributed by atoms with Crippen molar-refractivity contribution in [3.8, 4) is 11.4 Å². The van der Waals surface area contributed by atoms with Crippen molar-refractivity contribution < 1.29 is 8.42 Å². The van der Waals surface area contributed by atoms with Crippen LogP contribution in [-0.4, -0.2) is 64.4 Å². The van der Waals surface area contributed by atoms with Crippen LogP contribution in [0.5, 0.6) is 0 Å². The number of aryl methyl sites for hydroxylation is 1. The molecular formula is C15H22N6O2S. The number of hydrogen-bond acceptors (Lipinski definition) is 5. The molecule has 1 atom stereocenters. The van der Waals surface area contributed by atoms with Crippen LogP contribution in [0.3, 0.4) is 0 Å². The third-order valence-electron chi connectivity index (χ3n) is 4.23. The van der Waals surface area contributed by atoms with Crippen molar-refractivity contribution in [1.29, 1.82) is 0 Å². The van der Waals surface area contributed by atoms with Crippen molar-refractivity contribution in [3.63, 3.8) is 0 Å². The predicted octanol–water partition coefficient (Wildman–Crippen LogP) is 0.846. The van der Waals surface area contributed by atoms with Gasteiger partial charge in [0.05, 0.1) is 5.69 Å². The molecule has 0 aromatic carbocycles. The Labute approximate surface area is 142 Å². The van der Waals surface area contributed by atoms with E-state index >= 15 is 0 Å². The summed E-state index contributed by atoms with van der Waals surface area (Å²) in [6, 6.07) is 3.87. The number of aromatic amines is 1. The molecule has 3 heterocycles. The molecule has 1 saturated heterocycles. The molecule has 1 fully saturated rings. The molecule has 1 aliphatic heterocycles. The Morgan fingerprint density at radius 2 is 2.08 bits per heavy atom. The minimum Gasteiger partial charge on any atom is -0.282 e. The number of nitrogens with one attached hydrogen (secondary N) is 1. The highest BCUT2D eigenvalue weighted by molar-refractivity contribution is 7.86. The summed E-state index contributed by atoms with van der Waals surface area (Å²) in [6.07, 6.45) is 3.12. The molecule has 0 radical (unpaired) electrons. The largest absolute Gasteiger partial charge is 0.282 e. The Kier molecular flexibility index (Phi) is 4.66. The minimum absolute atomic E-state index is 0.267. The van der Waals surface area contributed by atoms with Crippen molar-refractivity contribution in [1.82, 2.24) is 28.8 Å². The first-order chi connectivity index (χ1) is 11.4. The molecule has 8 nitrogen and oxygen atoms in total. The summed E-state index contributed by atoms with van der Waals surface area (Å²) in [7, 11) is -0.209. The van der Waals surface area contributed by atoms with Gasteiger partial charge in [0.25, 0.3) is 10.2 Å². The van der Waals surface area contributed by atoms with Crippen molar-refractivity contribution in [2.75, 3.05) is 27.2 Å². The molecular weight excluding hydrogens is 328 g/mol. The second-order valence-corrected chi connectivity index (χ2v) is 8.48. The Balaban J connectivity index is 1.69. The topological polar surface area (TPSA) is 95.1 Å². The molecule has 130 valence electrons. The first-order valence-corrected chi connectivity index (χ1v) is 9.27. The minimum atomic E-state index is -3.33. The van der Waals surface area contributed by atoms with E-state index in [0.717, 1.165) is 35.6 Å². The summed E-state index contributed by atoms with van der Waals surface area (Å²) in [5, 5.41) is 7.12. The van der Waals surface area contributed by atoms with Gasteiger partial charge < -0.3 is 0 Å². The molecule has 0 aliphatic carbocycles. The van der Waals surface area contributed by atoms with Crippen LogP contribution in [0.2, 0.25) is 0 Å². The zero-order valence-corrected chi connectivity index (χ0v) is 14.9. The Morgan fingerprint density at radius 3 is 2.75 bits per heavy atom. The molecule has 3 rings (SSSR count). The monoisotopic (exact) mass is 350 g/mol. The molecule has 9 heteroatoms. The van der Waals surface area contributed by atoms with Crippen molar-refractivity contribution in [2.45, 2.75) is 19.8 Å². The average Bonchev–Trinajstić information content (AvgIpc) is 3.17. The van der Waals surface area contributed by atoms with E-state index in [1.807, 2.05) is 19.1 Å². The highest BCUT2D eigenvalue weighted by atomic mass is 32.2. The van der Waals surface area contributed by atoms with Gasteiger partial charge in [0, 0.05) is 38.6 Å². The predicted molar refractivity (Wildman–Crippen MR) is 90.3 cm³/mol. The lowest BCUT2D eigenvalue weighted by Crippen LogP contribution is -2.38. The number of hydrogen-bond donors (Lipinski definition) is 1. The number of rotatable bonds is 5. The van der Waals surface area contributed by atoms with Gasteiger partial charge in [-0.15, -0.1) is 0 Å². The molecule has 0 unspecified atom stereocenters. The van der Waals surface area contributed by atoms with E-state index < -0.39 is 10.2 Å². The molecule has 24 heavy (non-hydrogen) atoms. The number of nitrogens with zero attached hydrogens (tertiary/aromatic N) is 5. The van der Waals surface area contributed by atoms with E-state index in [9.17, 15) is 8.42 Å². The smallest absolute Gasteiger partial charge is 0.281 e. The Morgan fingerprint density at radius 1 is 1.29 bits per heavy atom. The lowest BCUT2D eigenvalue weighted by molar-refractivity contribution is 0.409. The SMILES string of the molecule is Cc1cc(-c2cc(C[C@H]3CCN(S(=O)(=O)N(C)C)C3)ncn2)n[nH]1. The van der Waals surface area contributed by atoms with Gasteiger partial charge in [-0.1, -0.05) is 0 Å². The van der Waals surface area contributed by atoms with Gasteiger partial charge in [0.2, 0.25) is 0 Å². The summed E-state index contributed by atoms with van der Waals surface area (Å²) in [6.45, 7) is 3.03. The van der Waals surface area contributed by atoms with Crippen molar-refractivity contribution >= 4 is 10.2 Å². The molecule has 0 bridgehead atoms. The normalized spacial score (nSPS) is 19.2. The van der Waals surface area contributed by atoms with Crippen LogP contribution in [-0.2, 0) is 16.6 Å². The highest BCUT2D eigenvalue weighted by Crippen LogP contribution is 2.24. The zero-order chi connectivity index (χ0) is 17.3. The number of H-pyrrole nitrogens is 1. The van der Waals surface area contributed by atoms with Gasteiger partial charge in [-0.2, -0.15) is 22.1 Å². The lowest BCUT2D eigenvalue weighted by Gasteiger charge is -2.20. The maximum absolute atomic E-state index is 12.2. The molecule has 1 aliphatic rings. The van der Waals surface area contributed by atoms with Crippen molar-refractivity contribution in [2.24, 2.45) is 5.92 Å². The van der Waals surface area contributed by atoms with E-state index in [1.54, 1.807) is 14.1 Å². The standard InChI is InChI=1S/C15H22N6O2S/c1-11-6-15(19-18-11)14-8-13(16-10-17-14)7-12-4-5-21(9-12)24(22,23)20(2)3/h6,8,10,12H,4-5,7,9H2,1-3H3,(H,18,19)/t12-/m1/s1. The van der Waals surface area contributed by atoms with Crippen LogP contribution >= 0.6 is 0 Å². The fourth-order valence-corrected chi connectivity index (χ4v) is 4.10. The summed E-state index contributed by atoms with van der Waals surface area (Å²) >= 11 is 0. The maximum Gasteiger partial charge on any atom is 0.281 e. The van der Waals surface area contributed by atoms with Gasteiger partial charge in [-0.25, -0.2) is 9.97 Å². The average molecular weight is 350 g/mol.